The van der Waals surface area contributed by atoms with Crippen LogP contribution in [0.3, 0.4) is 0 Å². The van der Waals surface area contributed by atoms with E-state index in [1.165, 1.54) is 25.2 Å². The Hall–Kier alpha value is -1.39. The summed E-state index contributed by atoms with van der Waals surface area (Å²) in [6, 6.07) is 4.75. The minimum Gasteiger partial charge on any atom is -0.326 e. The molecule has 2 aromatic rings. The predicted molar refractivity (Wildman–Crippen MR) is 81.6 cm³/mol. The molecule has 3 rings (SSSR count). The van der Waals surface area contributed by atoms with Crippen molar-refractivity contribution in [1.29, 1.82) is 0 Å². The number of nitrogens with two attached hydrogens (primary N) is 1. The molecule has 0 aromatic carbocycles. The SMILES string of the molecule is CC(C)N1CCC(Cc2cn3cccc(CN)c3n2)C1. The average Bonchev–Trinajstić information content (AvgIpc) is 3.04. The Morgan fingerprint density at radius 3 is 3.00 bits per heavy atom. The predicted octanol–water partition coefficient (Wildman–Crippen LogP) is 2.07. The van der Waals surface area contributed by atoms with Gasteiger partial charge in [-0.05, 0) is 45.2 Å². The Morgan fingerprint density at radius 1 is 1.45 bits per heavy atom. The summed E-state index contributed by atoms with van der Waals surface area (Å²) >= 11 is 0. The third-order valence-electron chi connectivity index (χ3n) is 4.38. The Bertz CT molecular complexity index is 587. The summed E-state index contributed by atoms with van der Waals surface area (Å²) in [6.45, 7) is 7.53. The molecule has 1 atom stereocenters. The van der Waals surface area contributed by atoms with Crippen LogP contribution in [0.5, 0.6) is 0 Å². The maximum absolute atomic E-state index is 5.78. The van der Waals surface area contributed by atoms with Gasteiger partial charge in [0.2, 0.25) is 0 Å². The molecular weight excluding hydrogens is 248 g/mol. The molecule has 0 amide bonds. The zero-order valence-corrected chi connectivity index (χ0v) is 12.4. The van der Waals surface area contributed by atoms with Crippen molar-refractivity contribution in [3.05, 3.63) is 35.8 Å². The molecule has 0 radical (unpaired) electrons. The molecule has 20 heavy (non-hydrogen) atoms. The van der Waals surface area contributed by atoms with Crippen molar-refractivity contribution in [3.63, 3.8) is 0 Å². The molecule has 0 saturated carbocycles. The van der Waals surface area contributed by atoms with Gasteiger partial charge in [-0.15, -0.1) is 0 Å². The number of hydrogen-bond acceptors (Lipinski definition) is 3. The third kappa shape index (κ3) is 2.58. The summed E-state index contributed by atoms with van der Waals surface area (Å²) < 4.78 is 2.10. The molecule has 0 aliphatic carbocycles. The number of rotatable bonds is 4. The molecule has 1 saturated heterocycles. The van der Waals surface area contributed by atoms with Crippen molar-refractivity contribution in [2.24, 2.45) is 11.7 Å². The van der Waals surface area contributed by atoms with Crippen LogP contribution in [-0.4, -0.2) is 33.4 Å². The van der Waals surface area contributed by atoms with Gasteiger partial charge < -0.3 is 15.0 Å². The minimum absolute atomic E-state index is 0.547. The molecule has 108 valence electrons. The van der Waals surface area contributed by atoms with E-state index in [9.17, 15) is 0 Å². The maximum Gasteiger partial charge on any atom is 0.141 e. The van der Waals surface area contributed by atoms with Gasteiger partial charge in [0.25, 0.3) is 0 Å². The smallest absolute Gasteiger partial charge is 0.141 e. The number of fused-ring (bicyclic) bond motifs is 1. The van der Waals surface area contributed by atoms with Gasteiger partial charge >= 0.3 is 0 Å². The largest absolute Gasteiger partial charge is 0.326 e. The molecule has 2 N–H and O–H groups in total. The van der Waals surface area contributed by atoms with Crippen LogP contribution in [0.4, 0.5) is 0 Å². The number of nitrogens with zero attached hydrogens (tertiary/aromatic N) is 3. The molecule has 0 spiro atoms. The number of aromatic nitrogens is 2. The second kappa shape index (κ2) is 5.54. The molecule has 1 unspecified atom stereocenters. The normalized spacial score (nSPS) is 20.3. The molecule has 4 nitrogen and oxygen atoms in total. The van der Waals surface area contributed by atoms with Crippen molar-refractivity contribution in [2.75, 3.05) is 13.1 Å². The van der Waals surface area contributed by atoms with Crippen molar-refractivity contribution in [2.45, 2.75) is 39.3 Å². The van der Waals surface area contributed by atoms with E-state index in [1.54, 1.807) is 0 Å². The number of hydrogen-bond donors (Lipinski definition) is 1. The van der Waals surface area contributed by atoms with E-state index in [1.807, 2.05) is 6.07 Å². The molecule has 2 aromatic heterocycles. The van der Waals surface area contributed by atoms with Gasteiger partial charge in [-0.2, -0.15) is 0 Å². The van der Waals surface area contributed by atoms with E-state index in [0.717, 1.165) is 23.5 Å². The summed E-state index contributed by atoms with van der Waals surface area (Å²) in [7, 11) is 0. The lowest BCUT2D eigenvalue weighted by atomic mass is 10.0. The fraction of sp³-hybridized carbons (Fsp3) is 0.562. The van der Waals surface area contributed by atoms with Crippen molar-refractivity contribution < 1.29 is 0 Å². The van der Waals surface area contributed by atoms with E-state index in [2.05, 4.69) is 41.6 Å². The zero-order chi connectivity index (χ0) is 14.1. The number of pyridine rings is 1. The molecule has 1 fully saturated rings. The summed E-state index contributed by atoms with van der Waals surface area (Å²) in [6.07, 6.45) is 6.58. The second-order valence-electron chi connectivity index (χ2n) is 6.15. The maximum atomic E-state index is 5.78. The molecule has 1 aliphatic heterocycles. The van der Waals surface area contributed by atoms with Gasteiger partial charge in [0.1, 0.15) is 5.65 Å². The van der Waals surface area contributed by atoms with Gasteiger partial charge in [-0.25, -0.2) is 4.98 Å². The fourth-order valence-electron chi connectivity index (χ4n) is 3.17. The monoisotopic (exact) mass is 272 g/mol. The van der Waals surface area contributed by atoms with Crippen molar-refractivity contribution in [3.8, 4) is 0 Å². The van der Waals surface area contributed by atoms with Crippen LogP contribution in [0, 0.1) is 5.92 Å². The lowest BCUT2D eigenvalue weighted by Gasteiger charge is -2.19. The van der Waals surface area contributed by atoms with Crippen LogP contribution in [0.2, 0.25) is 0 Å². The lowest BCUT2D eigenvalue weighted by molar-refractivity contribution is 0.265. The minimum atomic E-state index is 0.547. The van der Waals surface area contributed by atoms with E-state index >= 15 is 0 Å². The van der Waals surface area contributed by atoms with Crippen LogP contribution in [0.25, 0.3) is 5.65 Å². The second-order valence-corrected chi connectivity index (χ2v) is 6.15. The van der Waals surface area contributed by atoms with Gasteiger partial charge in [-0.3, -0.25) is 0 Å². The van der Waals surface area contributed by atoms with Crippen LogP contribution in [-0.2, 0) is 13.0 Å². The lowest BCUT2D eigenvalue weighted by Crippen LogP contribution is -2.28. The van der Waals surface area contributed by atoms with E-state index in [0.29, 0.717) is 12.6 Å². The molecule has 0 bridgehead atoms. The fourth-order valence-corrected chi connectivity index (χ4v) is 3.17. The highest BCUT2D eigenvalue weighted by atomic mass is 15.2. The molecule has 1 aliphatic rings. The number of imidazole rings is 1. The van der Waals surface area contributed by atoms with Crippen LogP contribution >= 0.6 is 0 Å². The quantitative estimate of drug-likeness (QED) is 0.927. The summed E-state index contributed by atoms with van der Waals surface area (Å²) in [5, 5.41) is 0. The average molecular weight is 272 g/mol. The summed E-state index contributed by atoms with van der Waals surface area (Å²) in [5.74, 6) is 0.739. The van der Waals surface area contributed by atoms with Gasteiger partial charge in [-0.1, -0.05) is 6.07 Å². The summed E-state index contributed by atoms with van der Waals surface area (Å²) in [4.78, 5) is 7.34. The first-order valence-electron chi connectivity index (χ1n) is 7.57. The van der Waals surface area contributed by atoms with Crippen LogP contribution in [0.1, 0.15) is 31.5 Å². The first-order valence-corrected chi connectivity index (χ1v) is 7.57. The highest BCUT2D eigenvalue weighted by Crippen LogP contribution is 2.22. The first kappa shape index (κ1) is 13.6. The topological polar surface area (TPSA) is 46.6 Å². The molecule has 3 heterocycles. The van der Waals surface area contributed by atoms with E-state index < -0.39 is 0 Å². The van der Waals surface area contributed by atoms with Gasteiger partial charge in [0, 0.05) is 37.1 Å². The molecule has 4 heteroatoms. The number of likely N-dealkylation sites (tertiary alicyclic amines) is 1. The Balaban J connectivity index is 1.75. The standard InChI is InChI=1S/C16H24N4/c1-12(2)19-7-5-13(10-19)8-15-11-20-6-3-4-14(9-17)16(20)18-15/h3-4,6,11-13H,5,7-10,17H2,1-2H3. The van der Waals surface area contributed by atoms with Crippen LogP contribution < -0.4 is 5.73 Å². The highest BCUT2D eigenvalue weighted by molar-refractivity contribution is 5.48. The van der Waals surface area contributed by atoms with E-state index in [-0.39, 0.29) is 0 Å². The third-order valence-corrected chi connectivity index (χ3v) is 4.38. The Labute approximate surface area is 120 Å². The van der Waals surface area contributed by atoms with Gasteiger partial charge in [0.15, 0.2) is 0 Å². The zero-order valence-electron chi connectivity index (χ0n) is 12.4. The van der Waals surface area contributed by atoms with Crippen molar-refractivity contribution >= 4 is 5.65 Å². The van der Waals surface area contributed by atoms with Crippen LogP contribution in [0.15, 0.2) is 24.5 Å². The summed E-state index contributed by atoms with van der Waals surface area (Å²) in [5.41, 5.74) is 9.11. The highest BCUT2D eigenvalue weighted by Gasteiger charge is 2.25. The van der Waals surface area contributed by atoms with E-state index in [4.69, 9.17) is 10.7 Å². The first-order chi connectivity index (χ1) is 9.67. The molecular formula is C16H24N4. The Kier molecular flexibility index (Phi) is 3.76. The Morgan fingerprint density at radius 2 is 2.30 bits per heavy atom. The van der Waals surface area contributed by atoms with Crippen molar-refractivity contribution in [1.82, 2.24) is 14.3 Å². The van der Waals surface area contributed by atoms with Gasteiger partial charge in [0.05, 0.1) is 5.69 Å².